The number of ether oxygens (including phenoxy) is 1. The minimum Gasteiger partial charge on any atom is -0.496 e. The van der Waals surface area contributed by atoms with Crippen LogP contribution in [0.15, 0.2) is 35.7 Å². The smallest absolute Gasteiger partial charge is 0.264 e. The number of halogens is 1. The van der Waals surface area contributed by atoms with Crippen LogP contribution >= 0.6 is 22.9 Å². The molecule has 2 amide bonds. The van der Waals surface area contributed by atoms with E-state index in [1.54, 1.807) is 12.0 Å². The van der Waals surface area contributed by atoms with Gasteiger partial charge in [-0.1, -0.05) is 17.7 Å². The number of amides is 2. The summed E-state index contributed by atoms with van der Waals surface area (Å²) < 4.78 is 5.45. The van der Waals surface area contributed by atoms with Gasteiger partial charge in [0, 0.05) is 49.9 Å². The van der Waals surface area contributed by atoms with Gasteiger partial charge in [0.1, 0.15) is 11.8 Å². The summed E-state index contributed by atoms with van der Waals surface area (Å²) in [6.07, 6.45) is 1.62. The minimum atomic E-state index is -0.334. The van der Waals surface area contributed by atoms with E-state index in [0.717, 1.165) is 43.8 Å². The molecule has 30 heavy (non-hydrogen) atoms. The molecule has 0 N–H and O–H groups in total. The van der Waals surface area contributed by atoms with Crippen LogP contribution < -0.4 is 4.74 Å². The van der Waals surface area contributed by atoms with Gasteiger partial charge in [-0.3, -0.25) is 14.5 Å². The van der Waals surface area contributed by atoms with Crippen molar-refractivity contribution in [3.63, 3.8) is 0 Å². The summed E-state index contributed by atoms with van der Waals surface area (Å²) in [5, 5.41) is 2.59. The van der Waals surface area contributed by atoms with Crippen molar-refractivity contribution >= 4 is 34.8 Å². The summed E-state index contributed by atoms with van der Waals surface area (Å²) >= 11 is 7.58. The summed E-state index contributed by atoms with van der Waals surface area (Å²) in [5.74, 6) is 0.886. The SMILES string of the molecule is COc1ccc(Cl)cc1CN1CCN(C(=O)[C@@H]2CCCN2C(=O)c2cccs2)CC1. The van der Waals surface area contributed by atoms with Crippen molar-refractivity contribution in [1.82, 2.24) is 14.7 Å². The van der Waals surface area contributed by atoms with Crippen LogP contribution in [-0.2, 0) is 11.3 Å². The summed E-state index contributed by atoms with van der Waals surface area (Å²) in [6, 6.07) is 9.01. The molecule has 2 aromatic rings. The highest BCUT2D eigenvalue weighted by atomic mass is 35.5. The van der Waals surface area contributed by atoms with Crippen LogP contribution in [0, 0.1) is 0 Å². The van der Waals surface area contributed by atoms with Gasteiger partial charge in [0.25, 0.3) is 5.91 Å². The molecule has 0 unspecified atom stereocenters. The Balaban J connectivity index is 1.35. The first-order valence-electron chi connectivity index (χ1n) is 10.2. The molecule has 0 saturated carbocycles. The highest BCUT2D eigenvalue weighted by Gasteiger charge is 2.38. The third-order valence-electron chi connectivity index (χ3n) is 5.85. The molecule has 2 fully saturated rings. The van der Waals surface area contributed by atoms with Gasteiger partial charge in [0.15, 0.2) is 0 Å². The fourth-order valence-corrected chi connectivity index (χ4v) is 5.13. The number of hydrogen-bond donors (Lipinski definition) is 0. The molecule has 6 nitrogen and oxygen atoms in total. The zero-order chi connectivity index (χ0) is 21.1. The van der Waals surface area contributed by atoms with Crippen molar-refractivity contribution in [2.75, 3.05) is 39.8 Å². The van der Waals surface area contributed by atoms with E-state index < -0.39 is 0 Å². The molecule has 0 bridgehead atoms. The van der Waals surface area contributed by atoms with E-state index in [1.165, 1.54) is 11.3 Å². The monoisotopic (exact) mass is 447 g/mol. The van der Waals surface area contributed by atoms with Gasteiger partial charge in [-0.05, 0) is 42.5 Å². The Morgan fingerprint density at radius 2 is 1.97 bits per heavy atom. The van der Waals surface area contributed by atoms with Gasteiger partial charge < -0.3 is 14.5 Å². The van der Waals surface area contributed by atoms with Crippen molar-refractivity contribution in [1.29, 1.82) is 0 Å². The lowest BCUT2D eigenvalue weighted by Crippen LogP contribution is -2.54. The Morgan fingerprint density at radius 1 is 1.17 bits per heavy atom. The lowest BCUT2D eigenvalue weighted by atomic mass is 10.1. The van der Waals surface area contributed by atoms with Crippen molar-refractivity contribution in [3.8, 4) is 5.75 Å². The van der Waals surface area contributed by atoms with E-state index in [1.807, 2.05) is 40.6 Å². The molecule has 1 aromatic heterocycles. The lowest BCUT2D eigenvalue weighted by Gasteiger charge is -2.37. The van der Waals surface area contributed by atoms with Crippen LogP contribution in [-0.4, -0.2) is 72.4 Å². The first kappa shape index (κ1) is 21.2. The van der Waals surface area contributed by atoms with Crippen LogP contribution in [0.4, 0.5) is 0 Å². The van der Waals surface area contributed by atoms with E-state index >= 15 is 0 Å². The molecule has 0 spiro atoms. The van der Waals surface area contributed by atoms with Crippen LogP contribution in [0.2, 0.25) is 5.02 Å². The molecule has 0 radical (unpaired) electrons. The van der Waals surface area contributed by atoms with Crippen LogP contribution in [0.1, 0.15) is 28.1 Å². The maximum atomic E-state index is 13.2. The molecule has 0 aliphatic carbocycles. The average Bonchev–Trinajstić information content (AvgIpc) is 3.46. The number of carbonyl (C=O) groups excluding carboxylic acids is 2. The Hall–Kier alpha value is -2.09. The summed E-state index contributed by atoms with van der Waals surface area (Å²) in [4.78, 5) is 32.6. The molecule has 2 aliphatic heterocycles. The normalized spacial score (nSPS) is 19.9. The second kappa shape index (κ2) is 9.37. The van der Waals surface area contributed by atoms with Gasteiger partial charge in [0.2, 0.25) is 5.91 Å². The van der Waals surface area contributed by atoms with E-state index in [0.29, 0.717) is 29.5 Å². The molecule has 4 rings (SSSR count). The fourth-order valence-electron chi connectivity index (χ4n) is 4.26. The molecule has 1 aromatic carbocycles. The average molecular weight is 448 g/mol. The summed E-state index contributed by atoms with van der Waals surface area (Å²) in [7, 11) is 1.66. The van der Waals surface area contributed by atoms with Crippen LogP contribution in [0.3, 0.4) is 0 Å². The second-order valence-corrected chi connectivity index (χ2v) is 9.08. The van der Waals surface area contributed by atoms with Crippen LogP contribution in [0.25, 0.3) is 0 Å². The molecule has 2 aliphatic rings. The number of nitrogens with zero attached hydrogens (tertiary/aromatic N) is 3. The molecule has 1 atom stereocenters. The highest BCUT2D eigenvalue weighted by molar-refractivity contribution is 7.12. The van der Waals surface area contributed by atoms with Gasteiger partial charge in [-0.2, -0.15) is 0 Å². The Kier molecular flexibility index (Phi) is 6.61. The Bertz CT molecular complexity index is 897. The zero-order valence-corrected chi connectivity index (χ0v) is 18.6. The van der Waals surface area contributed by atoms with E-state index in [9.17, 15) is 9.59 Å². The predicted molar refractivity (Wildman–Crippen MR) is 118 cm³/mol. The number of rotatable bonds is 5. The van der Waals surface area contributed by atoms with Gasteiger partial charge in [-0.15, -0.1) is 11.3 Å². The number of thiophene rings is 1. The highest BCUT2D eigenvalue weighted by Crippen LogP contribution is 2.26. The minimum absolute atomic E-state index is 0.0208. The molecular formula is C22H26ClN3O3S. The number of likely N-dealkylation sites (tertiary alicyclic amines) is 1. The number of carbonyl (C=O) groups is 2. The Morgan fingerprint density at radius 3 is 2.67 bits per heavy atom. The second-order valence-electron chi connectivity index (χ2n) is 7.69. The Labute approximate surface area is 186 Å². The fraction of sp³-hybridized carbons (Fsp3) is 0.455. The number of hydrogen-bond acceptors (Lipinski definition) is 5. The largest absolute Gasteiger partial charge is 0.496 e. The standard InChI is InChI=1S/C22H26ClN3O3S/c1-29-19-7-6-17(23)14-16(19)15-24-9-11-25(12-10-24)21(27)18-4-2-8-26(18)22(28)20-5-3-13-30-20/h3,5-7,13-14,18H,2,4,8-12,15H2,1H3/t18-/m0/s1. The van der Waals surface area contributed by atoms with Gasteiger partial charge in [-0.25, -0.2) is 0 Å². The van der Waals surface area contributed by atoms with Gasteiger partial charge >= 0.3 is 0 Å². The topological polar surface area (TPSA) is 53.1 Å². The summed E-state index contributed by atoms with van der Waals surface area (Å²) in [6.45, 7) is 4.29. The molecular weight excluding hydrogens is 422 g/mol. The van der Waals surface area contributed by atoms with Crippen LogP contribution in [0.5, 0.6) is 5.75 Å². The quantitative estimate of drug-likeness (QED) is 0.705. The van der Waals surface area contributed by atoms with Crippen molar-refractivity contribution in [3.05, 3.63) is 51.2 Å². The molecule has 3 heterocycles. The zero-order valence-electron chi connectivity index (χ0n) is 17.1. The maximum Gasteiger partial charge on any atom is 0.264 e. The first-order chi connectivity index (χ1) is 14.6. The molecule has 160 valence electrons. The number of benzene rings is 1. The van der Waals surface area contributed by atoms with Gasteiger partial charge in [0.05, 0.1) is 12.0 Å². The molecule has 8 heteroatoms. The summed E-state index contributed by atoms with van der Waals surface area (Å²) in [5.41, 5.74) is 1.05. The van der Waals surface area contributed by atoms with Crippen molar-refractivity contribution in [2.45, 2.75) is 25.4 Å². The molecule has 2 saturated heterocycles. The third-order valence-corrected chi connectivity index (χ3v) is 6.94. The number of piperazine rings is 1. The first-order valence-corrected chi connectivity index (χ1v) is 11.5. The maximum absolute atomic E-state index is 13.2. The van der Waals surface area contributed by atoms with Crippen molar-refractivity contribution < 1.29 is 14.3 Å². The number of methoxy groups -OCH3 is 1. The van der Waals surface area contributed by atoms with E-state index in [4.69, 9.17) is 16.3 Å². The predicted octanol–water partition coefficient (Wildman–Crippen LogP) is 3.36. The lowest BCUT2D eigenvalue weighted by molar-refractivity contribution is -0.137. The van der Waals surface area contributed by atoms with Crippen molar-refractivity contribution in [2.24, 2.45) is 0 Å². The van der Waals surface area contributed by atoms with E-state index in [2.05, 4.69) is 4.90 Å². The third kappa shape index (κ3) is 4.48. The van der Waals surface area contributed by atoms with E-state index in [-0.39, 0.29) is 17.9 Å².